The van der Waals surface area contributed by atoms with Crippen LogP contribution in [0, 0.1) is 12.3 Å². The SMILES string of the molecule is C#CC1=CP(=O)(N(C)C)CC1. The molecule has 1 aliphatic rings. The lowest BCUT2D eigenvalue weighted by atomic mass is 10.3. The molecule has 11 heavy (non-hydrogen) atoms. The maximum atomic E-state index is 11.8. The molecule has 60 valence electrons. The fourth-order valence-corrected chi connectivity index (χ4v) is 3.09. The van der Waals surface area contributed by atoms with Gasteiger partial charge in [-0.05, 0) is 20.5 Å². The summed E-state index contributed by atoms with van der Waals surface area (Å²) in [5, 5.41) is 0. The third-order valence-corrected chi connectivity index (χ3v) is 4.86. The Balaban J connectivity index is 2.90. The second-order valence-electron chi connectivity index (χ2n) is 2.88. The Labute approximate surface area is 67.7 Å². The minimum Gasteiger partial charge on any atom is -0.302 e. The van der Waals surface area contributed by atoms with Crippen molar-refractivity contribution >= 4 is 7.29 Å². The van der Waals surface area contributed by atoms with Crippen LogP contribution in [0.3, 0.4) is 0 Å². The second kappa shape index (κ2) is 2.85. The molecule has 1 rings (SSSR count). The highest BCUT2D eigenvalue weighted by molar-refractivity contribution is 7.65. The van der Waals surface area contributed by atoms with Crippen molar-refractivity contribution < 1.29 is 4.57 Å². The van der Waals surface area contributed by atoms with Gasteiger partial charge < -0.3 is 4.57 Å². The average Bonchev–Trinajstić information content (AvgIpc) is 2.33. The van der Waals surface area contributed by atoms with Crippen LogP contribution in [0.2, 0.25) is 0 Å². The van der Waals surface area contributed by atoms with E-state index in [9.17, 15) is 4.57 Å². The first-order chi connectivity index (χ1) is 5.08. The zero-order chi connectivity index (χ0) is 8.48. The summed E-state index contributed by atoms with van der Waals surface area (Å²) in [6.45, 7) is 0. The fraction of sp³-hybridized carbons (Fsp3) is 0.500. The molecule has 1 aliphatic heterocycles. The molecule has 0 aromatic rings. The first-order valence-electron chi connectivity index (χ1n) is 3.53. The highest BCUT2D eigenvalue weighted by Crippen LogP contribution is 2.55. The Bertz CT molecular complexity index is 272. The van der Waals surface area contributed by atoms with Crippen LogP contribution in [0.15, 0.2) is 11.4 Å². The van der Waals surface area contributed by atoms with Crippen molar-refractivity contribution in [3.05, 3.63) is 11.4 Å². The van der Waals surface area contributed by atoms with Crippen molar-refractivity contribution in [1.29, 1.82) is 0 Å². The lowest BCUT2D eigenvalue weighted by Gasteiger charge is -2.16. The van der Waals surface area contributed by atoms with Crippen LogP contribution in [0.5, 0.6) is 0 Å². The molecule has 0 fully saturated rings. The van der Waals surface area contributed by atoms with Crippen LogP contribution in [-0.2, 0) is 4.57 Å². The minimum atomic E-state index is -2.19. The van der Waals surface area contributed by atoms with Gasteiger partial charge in [-0.1, -0.05) is 5.92 Å². The highest BCUT2D eigenvalue weighted by atomic mass is 31.2. The van der Waals surface area contributed by atoms with Gasteiger partial charge in [0.25, 0.3) is 0 Å². The van der Waals surface area contributed by atoms with Gasteiger partial charge in [0.05, 0.1) is 0 Å². The molecule has 0 radical (unpaired) electrons. The molecular weight excluding hydrogens is 157 g/mol. The summed E-state index contributed by atoms with van der Waals surface area (Å²) < 4.78 is 13.6. The van der Waals surface area contributed by atoms with E-state index in [0.29, 0.717) is 6.16 Å². The van der Waals surface area contributed by atoms with Crippen LogP contribution >= 0.6 is 7.29 Å². The molecule has 1 atom stereocenters. The van der Waals surface area contributed by atoms with Crippen molar-refractivity contribution in [2.75, 3.05) is 20.3 Å². The Morgan fingerprint density at radius 2 is 2.36 bits per heavy atom. The van der Waals surface area contributed by atoms with Gasteiger partial charge in [0.15, 0.2) is 7.29 Å². The highest BCUT2D eigenvalue weighted by Gasteiger charge is 2.27. The summed E-state index contributed by atoms with van der Waals surface area (Å²) in [5.41, 5.74) is 0.891. The fourth-order valence-electron chi connectivity index (χ4n) is 1.08. The molecule has 3 heteroatoms. The quantitative estimate of drug-likeness (QED) is 0.440. The predicted octanol–water partition coefficient (Wildman–Crippen LogP) is 1.75. The van der Waals surface area contributed by atoms with Crippen LogP contribution in [0.4, 0.5) is 0 Å². The van der Waals surface area contributed by atoms with Crippen LogP contribution < -0.4 is 0 Å². The van der Waals surface area contributed by atoms with Gasteiger partial charge in [0, 0.05) is 17.6 Å². The van der Waals surface area contributed by atoms with Crippen LogP contribution in [-0.4, -0.2) is 24.9 Å². The van der Waals surface area contributed by atoms with E-state index in [-0.39, 0.29) is 0 Å². The lowest BCUT2D eigenvalue weighted by Crippen LogP contribution is -2.06. The van der Waals surface area contributed by atoms with Gasteiger partial charge in [-0.3, -0.25) is 4.67 Å². The van der Waals surface area contributed by atoms with Gasteiger partial charge in [-0.25, -0.2) is 0 Å². The molecule has 0 amide bonds. The largest absolute Gasteiger partial charge is 0.302 e. The predicted molar refractivity (Wildman–Crippen MR) is 47.7 cm³/mol. The zero-order valence-corrected chi connectivity index (χ0v) is 7.77. The molecule has 0 saturated heterocycles. The summed E-state index contributed by atoms with van der Waals surface area (Å²) in [4.78, 5) is 0. The maximum Gasteiger partial charge on any atom is 0.172 e. The molecule has 1 unspecified atom stereocenters. The first kappa shape index (κ1) is 8.59. The summed E-state index contributed by atoms with van der Waals surface area (Å²) in [7, 11) is 1.47. The molecule has 0 saturated carbocycles. The van der Waals surface area contributed by atoms with E-state index >= 15 is 0 Å². The number of allylic oxidation sites excluding steroid dienone is 1. The van der Waals surface area contributed by atoms with E-state index in [2.05, 4.69) is 5.92 Å². The van der Waals surface area contributed by atoms with Crippen molar-refractivity contribution in [3.8, 4) is 12.3 Å². The van der Waals surface area contributed by atoms with Crippen LogP contribution in [0.25, 0.3) is 0 Å². The average molecular weight is 169 g/mol. The number of hydrogen-bond acceptors (Lipinski definition) is 1. The third kappa shape index (κ3) is 1.56. The normalized spacial score (nSPS) is 30.2. The number of rotatable bonds is 1. The Hall–Kier alpha value is -0.510. The van der Waals surface area contributed by atoms with E-state index in [0.717, 1.165) is 12.0 Å². The maximum absolute atomic E-state index is 11.8. The summed E-state index contributed by atoms with van der Waals surface area (Å²) in [5.74, 6) is 4.29. The Morgan fingerprint density at radius 1 is 1.73 bits per heavy atom. The van der Waals surface area contributed by atoms with Crippen molar-refractivity contribution in [2.45, 2.75) is 6.42 Å². The van der Waals surface area contributed by atoms with E-state index in [4.69, 9.17) is 6.42 Å². The molecule has 2 nitrogen and oxygen atoms in total. The molecular formula is C8H12NOP. The van der Waals surface area contributed by atoms with Gasteiger partial charge in [0.2, 0.25) is 0 Å². The number of nitrogens with zero attached hydrogens (tertiary/aromatic N) is 1. The van der Waals surface area contributed by atoms with E-state index in [1.807, 2.05) is 14.1 Å². The van der Waals surface area contributed by atoms with Crippen LogP contribution in [0.1, 0.15) is 6.42 Å². The van der Waals surface area contributed by atoms with Gasteiger partial charge >= 0.3 is 0 Å². The Kier molecular flexibility index (Phi) is 2.23. The molecule has 0 N–H and O–H groups in total. The van der Waals surface area contributed by atoms with Crippen molar-refractivity contribution in [2.24, 2.45) is 0 Å². The number of terminal acetylenes is 1. The van der Waals surface area contributed by atoms with Crippen molar-refractivity contribution in [3.63, 3.8) is 0 Å². The first-order valence-corrected chi connectivity index (χ1v) is 5.45. The van der Waals surface area contributed by atoms with E-state index in [1.165, 1.54) is 0 Å². The molecule has 0 aliphatic carbocycles. The third-order valence-electron chi connectivity index (χ3n) is 1.92. The smallest absolute Gasteiger partial charge is 0.172 e. The molecule has 0 aromatic heterocycles. The molecule has 0 bridgehead atoms. The van der Waals surface area contributed by atoms with Gasteiger partial charge in [0.1, 0.15) is 0 Å². The van der Waals surface area contributed by atoms with E-state index in [1.54, 1.807) is 10.5 Å². The monoisotopic (exact) mass is 169 g/mol. The minimum absolute atomic E-state index is 0.708. The Morgan fingerprint density at radius 3 is 2.64 bits per heavy atom. The standard InChI is InChI=1S/C8H12NOP/c1-4-8-5-6-11(10,7-8)9(2)3/h1,7H,5-6H2,2-3H3. The summed E-state index contributed by atoms with van der Waals surface area (Å²) in [6.07, 6.45) is 6.70. The second-order valence-corrected chi connectivity index (χ2v) is 5.89. The zero-order valence-electron chi connectivity index (χ0n) is 6.87. The molecule has 0 aromatic carbocycles. The lowest BCUT2D eigenvalue weighted by molar-refractivity contribution is 0.525. The molecule has 1 heterocycles. The number of hydrogen-bond donors (Lipinski definition) is 0. The van der Waals surface area contributed by atoms with Gasteiger partial charge in [-0.15, -0.1) is 6.42 Å². The molecule has 0 spiro atoms. The summed E-state index contributed by atoms with van der Waals surface area (Å²) in [6, 6.07) is 0. The van der Waals surface area contributed by atoms with E-state index < -0.39 is 7.29 Å². The summed E-state index contributed by atoms with van der Waals surface area (Å²) >= 11 is 0. The van der Waals surface area contributed by atoms with Crippen molar-refractivity contribution in [1.82, 2.24) is 4.67 Å². The topological polar surface area (TPSA) is 20.3 Å². The van der Waals surface area contributed by atoms with Gasteiger partial charge in [-0.2, -0.15) is 0 Å².